The van der Waals surface area contributed by atoms with E-state index in [4.69, 9.17) is 16.4 Å². The Morgan fingerprint density at radius 1 is 1.71 bits per heavy atom. The number of thiophene rings is 1. The van der Waals surface area contributed by atoms with Crippen LogP contribution in [0.2, 0.25) is 5.02 Å². The van der Waals surface area contributed by atoms with Crippen LogP contribution in [-0.2, 0) is 11.3 Å². The highest BCUT2D eigenvalue weighted by atomic mass is 79.9. The Hall–Kier alpha value is -0.0600. The van der Waals surface area contributed by atoms with Gasteiger partial charge in [0.15, 0.2) is 0 Å². The van der Waals surface area contributed by atoms with Crippen LogP contribution in [0.5, 0.6) is 0 Å². The van der Waals surface area contributed by atoms with E-state index in [1.807, 2.05) is 13.0 Å². The molecule has 0 amide bonds. The van der Waals surface area contributed by atoms with Gasteiger partial charge in [-0.25, -0.2) is 0 Å². The zero-order valence-electron chi connectivity index (χ0n) is 7.80. The van der Waals surface area contributed by atoms with Gasteiger partial charge in [-0.05, 0) is 28.4 Å². The number of nitrogens with zero attached hydrogens (tertiary/aromatic N) is 1. The third-order valence-electron chi connectivity index (χ3n) is 1.45. The Balaban J connectivity index is 2.37. The number of oxime groups is 1. The molecule has 1 heterocycles. The Labute approximate surface area is 101 Å². The molecular weight excluding hydrogens is 286 g/mol. The molecule has 0 bridgehead atoms. The minimum atomic E-state index is 0.665. The van der Waals surface area contributed by atoms with Crippen molar-refractivity contribution in [1.29, 1.82) is 0 Å². The highest BCUT2D eigenvalue weighted by Crippen LogP contribution is 2.30. The van der Waals surface area contributed by atoms with Crippen LogP contribution in [0.4, 0.5) is 0 Å². The summed E-state index contributed by atoms with van der Waals surface area (Å²) in [6, 6.07) is 1.89. The number of hydrogen-bond acceptors (Lipinski definition) is 3. The molecule has 1 aromatic rings. The number of rotatable bonds is 5. The van der Waals surface area contributed by atoms with Gasteiger partial charge < -0.3 is 4.84 Å². The lowest BCUT2D eigenvalue weighted by atomic mass is 10.4. The van der Waals surface area contributed by atoms with Crippen LogP contribution in [-0.4, -0.2) is 12.8 Å². The maximum absolute atomic E-state index is 5.96. The normalized spacial score (nSPS) is 11.1. The van der Waals surface area contributed by atoms with E-state index in [0.29, 0.717) is 6.61 Å². The summed E-state index contributed by atoms with van der Waals surface area (Å²) in [5, 5.41) is 4.60. The van der Waals surface area contributed by atoms with Crippen LogP contribution >= 0.6 is 38.9 Å². The maximum atomic E-state index is 5.96. The van der Waals surface area contributed by atoms with Crippen LogP contribution in [0, 0.1) is 0 Å². The van der Waals surface area contributed by atoms with E-state index in [0.717, 1.165) is 26.5 Å². The van der Waals surface area contributed by atoms with Crippen LogP contribution in [0.3, 0.4) is 0 Å². The smallest absolute Gasteiger partial charge is 0.116 e. The molecule has 0 radical (unpaired) electrons. The molecule has 0 atom stereocenters. The summed E-state index contributed by atoms with van der Waals surface area (Å²) in [7, 11) is 0. The first-order chi connectivity index (χ1) is 6.74. The molecule has 0 unspecified atom stereocenters. The van der Waals surface area contributed by atoms with Crippen LogP contribution in [0.1, 0.15) is 18.2 Å². The van der Waals surface area contributed by atoms with Gasteiger partial charge in [0.25, 0.3) is 0 Å². The van der Waals surface area contributed by atoms with Gasteiger partial charge in [0, 0.05) is 17.5 Å². The summed E-state index contributed by atoms with van der Waals surface area (Å²) in [6.45, 7) is 2.71. The van der Waals surface area contributed by atoms with Crippen molar-refractivity contribution in [1.82, 2.24) is 0 Å². The monoisotopic (exact) mass is 295 g/mol. The number of halogens is 2. The average Bonchev–Trinajstić information content (AvgIpc) is 2.45. The van der Waals surface area contributed by atoms with E-state index in [-0.39, 0.29) is 0 Å². The second kappa shape index (κ2) is 6.43. The van der Waals surface area contributed by atoms with Crippen molar-refractivity contribution < 1.29 is 4.84 Å². The third kappa shape index (κ3) is 3.98. The van der Waals surface area contributed by atoms with Gasteiger partial charge in [-0.2, -0.15) is 0 Å². The Morgan fingerprint density at radius 3 is 3.07 bits per heavy atom. The van der Waals surface area contributed by atoms with Crippen LogP contribution in [0.15, 0.2) is 15.0 Å². The molecule has 78 valence electrons. The van der Waals surface area contributed by atoms with E-state index >= 15 is 0 Å². The molecule has 1 rings (SSSR count). The SMILES string of the molecule is CCCON=CCc1sc(Br)cc1Cl. The summed E-state index contributed by atoms with van der Waals surface area (Å²) < 4.78 is 1.04. The molecule has 0 fully saturated rings. The zero-order valence-corrected chi connectivity index (χ0v) is 11.0. The van der Waals surface area contributed by atoms with Crippen molar-refractivity contribution in [2.45, 2.75) is 19.8 Å². The Kier molecular flexibility index (Phi) is 5.52. The van der Waals surface area contributed by atoms with Crippen molar-refractivity contribution in [2.75, 3.05) is 6.61 Å². The van der Waals surface area contributed by atoms with E-state index < -0.39 is 0 Å². The molecule has 5 heteroatoms. The van der Waals surface area contributed by atoms with Crippen molar-refractivity contribution >= 4 is 45.1 Å². The first kappa shape index (κ1) is 12.0. The number of hydrogen-bond donors (Lipinski definition) is 0. The fourth-order valence-corrected chi connectivity index (χ4v) is 2.87. The molecule has 0 aliphatic heterocycles. The minimum absolute atomic E-state index is 0.665. The van der Waals surface area contributed by atoms with E-state index in [9.17, 15) is 0 Å². The second-order valence-corrected chi connectivity index (χ2v) is 5.57. The predicted molar refractivity (Wildman–Crippen MR) is 65.5 cm³/mol. The second-order valence-electron chi connectivity index (χ2n) is 2.65. The van der Waals surface area contributed by atoms with Crippen LogP contribution in [0.25, 0.3) is 0 Å². The van der Waals surface area contributed by atoms with Crippen molar-refractivity contribution in [3.8, 4) is 0 Å². The standard InChI is InChI=1S/C9H11BrClNOS/c1-2-5-13-12-4-3-8-7(11)6-9(10)14-8/h4,6H,2-3,5H2,1H3. The zero-order chi connectivity index (χ0) is 10.4. The largest absolute Gasteiger partial charge is 0.396 e. The highest BCUT2D eigenvalue weighted by molar-refractivity contribution is 9.11. The van der Waals surface area contributed by atoms with E-state index in [2.05, 4.69) is 21.1 Å². The Bertz CT molecular complexity index is 314. The summed E-state index contributed by atoms with van der Waals surface area (Å²) in [5.74, 6) is 0. The minimum Gasteiger partial charge on any atom is -0.396 e. The van der Waals surface area contributed by atoms with Gasteiger partial charge in [-0.15, -0.1) is 11.3 Å². The van der Waals surface area contributed by atoms with Crippen LogP contribution < -0.4 is 0 Å². The summed E-state index contributed by atoms with van der Waals surface area (Å²) in [5.41, 5.74) is 0. The fraction of sp³-hybridized carbons (Fsp3) is 0.444. The lowest BCUT2D eigenvalue weighted by molar-refractivity contribution is 0.146. The topological polar surface area (TPSA) is 21.6 Å². The molecule has 0 saturated heterocycles. The molecule has 0 aliphatic rings. The molecule has 1 aromatic heterocycles. The first-order valence-corrected chi connectivity index (χ1v) is 6.30. The summed E-state index contributed by atoms with van der Waals surface area (Å²) in [6.07, 6.45) is 3.43. The van der Waals surface area contributed by atoms with Gasteiger partial charge in [0.05, 0.1) is 8.81 Å². The lowest BCUT2D eigenvalue weighted by Crippen LogP contribution is -1.87. The average molecular weight is 297 g/mol. The fourth-order valence-electron chi connectivity index (χ4n) is 0.832. The van der Waals surface area contributed by atoms with Gasteiger partial charge in [-0.3, -0.25) is 0 Å². The van der Waals surface area contributed by atoms with Gasteiger partial charge in [0.2, 0.25) is 0 Å². The Morgan fingerprint density at radius 2 is 2.50 bits per heavy atom. The third-order valence-corrected chi connectivity index (χ3v) is 3.56. The molecule has 2 nitrogen and oxygen atoms in total. The quantitative estimate of drug-likeness (QED) is 0.455. The lowest BCUT2D eigenvalue weighted by Gasteiger charge is -1.93. The summed E-state index contributed by atoms with van der Waals surface area (Å²) in [4.78, 5) is 6.07. The van der Waals surface area contributed by atoms with E-state index in [1.165, 1.54) is 0 Å². The molecule has 0 saturated carbocycles. The van der Waals surface area contributed by atoms with Gasteiger partial charge in [0.1, 0.15) is 6.61 Å². The van der Waals surface area contributed by atoms with Gasteiger partial charge in [-0.1, -0.05) is 23.7 Å². The molecule has 0 spiro atoms. The molecular formula is C9H11BrClNOS. The predicted octanol–water partition coefficient (Wildman–Crippen LogP) is 4.12. The first-order valence-electron chi connectivity index (χ1n) is 4.31. The van der Waals surface area contributed by atoms with Gasteiger partial charge >= 0.3 is 0 Å². The van der Waals surface area contributed by atoms with Crippen molar-refractivity contribution in [3.63, 3.8) is 0 Å². The molecule has 14 heavy (non-hydrogen) atoms. The van der Waals surface area contributed by atoms with E-state index in [1.54, 1.807) is 17.6 Å². The molecule has 0 N–H and O–H groups in total. The van der Waals surface area contributed by atoms with Crippen molar-refractivity contribution in [3.05, 3.63) is 19.8 Å². The molecule has 0 aromatic carbocycles. The summed E-state index contributed by atoms with van der Waals surface area (Å²) >= 11 is 11.0. The van der Waals surface area contributed by atoms with Crippen molar-refractivity contribution in [2.24, 2.45) is 5.16 Å². The molecule has 0 aliphatic carbocycles. The maximum Gasteiger partial charge on any atom is 0.116 e. The highest BCUT2D eigenvalue weighted by Gasteiger charge is 2.03.